The minimum absolute atomic E-state index is 0.0490. The van der Waals surface area contributed by atoms with Gasteiger partial charge in [0.2, 0.25) is 5.56 Å². The number of hydrogen-bond donors (Lipinski definition) is 2. The molecule has 3 N–H and O–H groups in total. The Morgan fingerprint density at radius 3 is 2.50 bits per heavy atom. The van der Waals surface area contributed by atoms with E-state index in [0.29, 0.717) is 32.9 Å². The molecule has 4 rings (SSSR count). The van der Waals surface area contributed by atoms with Gasteiger partial charge in [0.25, 0.3) is 5.91 Å². The minimum atomic E-state index is -0.536. The monoisotopic (exact) mass is 421 g/mol. The zero-order chi connectivity index (χ0) is 21.3. The molecule has 0 spiro atoms. The van der Waals surface area contributed by atoms with E-state index in [9.17, 15) is 14.0 Å². The van der Waals surface area contributed by atoms with Crippen LogP contribution in [0.3, 0.4) is 0 Å². The van der Waals surface area contributed by atoms with Crippen molar-refractivity contribution in [3.05, 3.63) is 105 Å². The highest BCUT2D eigenvalue weighted by Crippen LogP contribution is 2.26. The van der Waals surface area contributed by atoms with Crippen molar-refractivity contribution in [3.8, 4) is 0 Å². The number of fused-ring (bicyclic) bond motifs is 1. The highest BCUT2D eigenvalue weighted by molar-refractivity contribution is 6.31. The topological polar surface area (TPSA) is 79.2 Å². The van der Waals surface area contributed by atoms with Crippen LogP contribution in [0.15, 0.2) is 77.6 Å². The number of nitrogen functional groups attached to an aromatic ring is 1. The van der Waals surface area contributed by atoms with E-state index in [1.165, 1.54) is 17.0 Å². The Kier molecular flexibility index (Phi) is 5.25. The molecule has 0 fully saturated rings. The Labute approximate surface area is 176 Å². The third-order valence-electron chi connectivity index (χ3n) is 4.76. The summed E-state index contributed by atoms with van der Waals surface area (Å²) in [5.41, 5.74) is 7.41. The zero-order valence-corrected chi connectivity index (χ0v) is 16.5. The molecule has 0 aliphatic heterocycles. The smallest absolute Gasteiger partial charge is 0.258 e. The van der Waals surface area contributed by atoms with E-state index in [1.54, 1.807) is 60.7 Å². The molecule has 1 aromatic heterocycles. The van der Waals surface area contributed by atoms with Gasteiger partial charge in [-0.2, -0.15) is 0 Å². The quantitative estimate of drug-likeness (QED) is 0.467. The van der Waals surface area contributed by atoms with E-state index in [4.69, 9.17) is 17.3 Å². The molecule has 1 amide bonds. The molecule has 0 atom stereocenters. The Morgan fingerprint density at radius 1 is 1.03 bits per heavy atom. The molecule has 0 aliphatic carbocycles. The normalized spacial score (nSPS) is 10.9. The molecular weight excluding hydrogens is 405 g/mol. The molecule has 7 heteroatoms. The number of carbonyl (C=O) groups excluding carboxylic acids is 1. The molecule has 150 valence electrons. The molecule has 1 heterocycles. The van der Waals surface area contributed by atoms with Crippen LogP contribution in [-0.4, -0.2) is 10.9 Å². The first kappa shape index (κ1) is 19.7. The summed E-state index contributed by atoms with van der Waals surface area (Å²) >= 11 is 6.15. The van der Waals surface area contributed by atoms with Crippen LogP contribution in [0.25, 0.3) is 10.9 Å². The lowest BCUT2D eigenvalue weighted by Gasteiger charge is -2.24. The summed E-state index contributed by atoms with van der Waals surface area (Å²) in [6, 6.07) is 19.3. The average Bonchev–Trinajstić information content (AvgIpc) is 2.72. The highest BCUT2D eigenvalue weighted by atomic mass is 35.5. The van der Waals surface area contributed by atoms with Crippen molar-refractivity contribution in [2.24, 2.45) is 0 Å². The van der Waals surface area contributed by atoms with Gasteiger partial charge in [0.1, 0.15) is 5.82 Å². The molecule has 5 nitrogen and oxygen atoms in total. The van der Waals surface area contributed by atoms with E-state index in [1.807, 2.05) is 0 Å². The van der Waals surface area contributed by atoms with Crippen LogP contribution in [0.5, 0.6) is 0 Å². The van der Waals surface area contributed by atoms with Crippen molar-refractivity contribution in [1.82, 2.24) is 4.98 Å². The van der Waals surface area contributed by atoms with Crippen LogP contribution < -0.4 is 16.2 Å². The number of nitrogens with one attached hydrogen (secondary N) is 1. The molecular formula is C23H17ClFN3O2. The van der Waals surface area contributed by atoms with Crippen molar-refractivity contribution in [3.63, 3.8) is 0 Å². The van der Waals surface area contributed by atoms with Gasteiger partial charge < -0.3 is 15.6 Å². The summed E-state index contributed by atoms with van der Waals surface area (Å²) in [7, 11) is 0. The van der Waals surface area contributed by atoms with Gasteiger partial charge in [-0.3, -0.25) is 9.59 Å². The highest BCUT2D eigenvalue weighted by Gasteiger charge is 2.20. The van der Waals surface area contributed by atoms with Gasteiger partial charge in [-0.25, -0.2) is 4.39 Å². The predicted molar refractivity (Wildman–Crippen MR) is 117 cm³/mol. The third-order valence-corrected chi connectivity index (χ3v) is 5.00. The first-order valence-electron chi connectivity index (χ1n) is 9.16. The van der Waals surface area contributed by atoms with Gasteiger partial charge >= 0.3 is 0 Å². The van der Waals surface area contributed by atoms with Crippen LogP contribution >= 0.6 is 11.6 Å². The lowest BCUT2D eigenvalue weighted by Crippen LogP contribution is -2.31. The van der Waals surface area contributed by atoms with Gasteiger partial charge in [-0.05, 0) is 54.1 Å². The van der Waals surface area contributed by atoms with E-state index in [-0.39, 0.29) is 18.0 Å². The SMILES string of the molecule is Nc1ccc(C(=O)N(Cc2cc(=O)[nH]c3c(F)cccc23)c2cccc(Cl)c2)cc1. The average molecular weight is 422 g/mol. The number of para-hydroxylation sites is 1. The summed E-state index contributed by atoms with van der Waals surface area (Å²) < 4.78 is 14.2. The molecule has 4 aromatic rings. The van der Waals surface area contributed by atoms with Gasteiger partial charge in [-0.1, -0.05) is 29.8 Å². The van der Waals surface area contributed by atoms with Crippen LogP contribution in [0.4, 0.5) is 15.8 Å². The van der Waals surface area contributed by atoms with Gasteiger partial charge in [0, 0.05) is 33.4 Å². The molecule has 0 radical (unpaired) electrons. The summed E-state index contributed by atoms with van der Waals surface area (Å²) in [6.45, 7) is 0.0490. The maximum Gasteiger partial charge on any atom is 0.258 e. The number of hydrogen-bond acceptors (Lipinski definition) is 3. The number of halogens is 2. The van der Waals surface area contributed by atoms with Crippen LogP contribution in [0.2, 0.25) is 5.02 Å². The second kappa shape index (κ2) is 8.00. The van der Waals surface area contributed by atoms with E-state index in [2.05, 4.69) is 4.98 Å². The van der Waals surface area contributed by atoms with Crippen LogP contribution in [-0.2, 0) is 6.54 Å². The number of aromatic nitrogens is 1. The third kappa shape index (κ3) is 3.90. The van der Waals surface area contributed by atoms with Gasteiger partial charge in [0.15, 0.2) is 0 Å². The number of anilines is 2. The molecule has 3 aromatic carbocycles. The van der Waals surface area contributed by atoms with Crippen molar-refractivity contribution in [2.75, 3.05) is 10.6 Å². The summed E-state index contributed by atoms with van der Waals surface area (Å²) in [5.74, 6) is -0.840. The Hall–Kier alpha value is -3.64. The fraction of sp³-hybridized carbons (Fsp3) is 0.0435. The van der Waals surface area contributed by atoms with Crippen molar-refractivity contribution >= 4 is 39.8 Å². The molecule has 0 saturated heterocycles. The number of amides is 1. The molecule has 0 aliphatic rings. The standard InChI is InChI=1S/C23H17ClFN3O2/c24-16-3-1-4-18(12-16)28(23(30)14-7-9-17(26)10-8-14)13-15-11-21(29)27-22-19(15)5-2-6-20(22)25/h1-12H,13,26H2,(H,27,29). The molecule has 30 heavy (non-hydrogen) atoms. The van der Waals surface area contributed by atoms with Crippen LogP contribution in [0, 0.1) is 5.82 Å². The molecule has 0 unspecified atom stereocenters. The Balaban J connectivity index is 1.84. The fourth-order valence-corrected chi connectivity index (χ4v) is 3.51. The maximum absolute atomic E-state index is 14.2. The lowest BCUT2D eigenvalue weighted by atomic mass is 10.1. The van der Waals surface area contributed by atoms with E-state index in [0.717, 1.165) is 0 Å². The van der Waals surface area contributed by atoms with E-state index < -0.39 is 11.4 Å². The van der Waals surface area contributed by atoms with E-state index >= 15 is 0 Å². The summed E-state index contributed by atoms with van der Waals surface area (Å²) in [6.07, 6.45) is 0. The van der Waals surface area contributed by atoms with Gasteiger partial charge in [0.05, 0.1) is 12.1 Å². The fourth-order valence-electron chi connectivity index (χ4n) is 3.32. The van der Waals surface area contributed by atoms with Crippen molar-refractivity contribution in [2.45, 2.75) is 6.54 Å². The summed E-state index contributed by atoms with van der Waals surface area (Å²) in [4.78, 5) is 29.5. The number of rotatable bonds is 4. The predicted octanol–water partition coefficient (Wildman–Crippen LogP) is 4.75. The number of carbonyl (C=O) groups is 1. The first-order chi connectivity index (χ1) is 14.4. The Morgan fingerprint density at radius 2 is 1.77 bits per heavy atom. The first-order valence-corrected chi connectivity index (χ1v) is 9.53. The van der Waals surface area contributed by atoms with Crippen molar-refractivity contribution < 1.29 is 9.18 Å². The number of aromatic amines is 1. The number of nitrogens with two attached hydrogens (primary N) is 1. The van der Waals surface area contributed by atoms with Crippen molar-refractivity contribution in [1.29, 1.82) is 0 Å². The minimum Gasteiger partial charge on any atom is -0.399 e. The molecule has 0 saturated carbocycles. The second-order valence-electron chi connectivity index (χ2n) is 6.81. The largest absolute Gasteiger partial charge is 0.399 e. The van der Waals surface area contributed by atoms with Crippen LogP contribution in [0.1, 0.15) is 15.9 Å². The lowest BCUT2D eigenvalue weighted by molar-refractivity contribution is 0.0985. The number of nitrogens with zero attached hydrogens (tertiary/aromatic N) is 1. The number of benzene rings is 3. The molecule has 0 bridgehead atoms. The zero-order valence-electron chi connectivity index (χ0n) is 15.7. The Bertz CT molecular complexity index is 1300. The van der Waals surface area contributed by atoms with Gasteiger partial charge in [-0.15, -0.1) is 0 Å². The second-order valence-corrected chi connectivity index (χ2v) is 7.25. The maximum atomic E-state index is 14.2. The summed E-state index contributed by atoms with van der Waals surface area (Å²) in [5, 5.41) is 0.983. The number of pyridine rings is 1. The number of H-pyrrole nitrogens is 1.